The average Bonchev–Trinajstić information content (AvgIpc) is 2.21. The normalized spacial score (nSPS) is 53.5. The summed E-state index contributed by atoms with van der Waals surface area (Å²) in [4.78, 5) is 0. The Morgan fingerprint density at radius 1 is 0.909 bits per heavy atom. The zero-order chi connectivity index (χ0) is 8.22. The molecule has 11 heavy (non-hydrogen) atoms. The minimum atomic E-state index is 0.666. The van der Waals surface area contributed by atoms with Crippen LogP contribution in [0.15, 0.2) is 0 Å². The van der Waals surface area contributed by atoms with Gasteiger partial charge in [0, 0.05) is 0 Å². The molecule has 2 saturated carbocycles. The maximum Gasteiger partial charge on any atom is -0.0292 e. The lowest BCUT2D eigenvalue weighted by molar-refractivity contribution is 0.236. The molecule has 0 aromatic rings. The van der Waals surface area contributed by atoms with Gasteiger partial charge in [-0.25, -0.2) is 0 Å². The van der Waals surface area contributed by atoms with E-state index >= 15 is 0 Å². The van der Waals surface area contributed by atoms with Crippen LogP contribution in [0.5, 0.6) is 0 Å². The molecule has 0 radical (unpaired) electrons. The largest absolute Gasteiger partial charge is 0.0622 e. The summed E-state index contributed by atoms with van der Waals surface area (Å²) in [6.45, 7) is 9.85. The van der Waals surface area contributed by atoms with E-state index in [0.29, 0.717) is 5.41 Å². The SMILES string of the molecule is CC1CC2C(C)CC1C2(C)C. The number of fused-ring (bicyclic) bond motifs is 2. The maximum atomic E-state index is 2.48. The van der Waals surface area contributed by atoms with Crippen LogP contribution >= 0.6 is 0 Å². The molecular formula is C11H20. The highest BCUT2D eigenvalue weighted by Crippen LogP contribution is 2.62. The standard InChI is InChI=1S/C11H20/c1-7-5-10-8(2)6-9(7)11(10,3)4/h7-10H,5-6H2,1-4H3. The molecule has 2 bridgehead atoms. The van der Waals surface area contributed by atoms with Gasteiger partial charge in [-0.05, 0) is 41.9 Å². The molecule has 0 aromatic carbocycles. The van der Waals surface area contributed by atoms with Crippen LogP contribution in [0.4, 0.5) is 0 Å². The second kappa shape index (κ2) is 2.02. The van der Waals surface area contributed by atoms with Gasteiger partial charge < -0.3 is 0 Å². The molecule has 0 heterocycles. The smallest absolute Gasteiger partial charge is 0.0292 e. The Morgan fingerprint density at radius 3 is 1.45 bits per heavy atom. The van der Waals surface area contributed by atoms with E-state index in [2.05, 4.69) is 27.7 Å². The predicted molar refractivity (Wildman–Crippen MR) is 48.3 cm³/mol. The Morgan fingerprint density at radius 2 is 1.27 bits per heavy atom. The topological polar surface area (TPSA) is 0 Å². The fraction of sp³-hybridized carbons (Fsp3) is 1.00. The molecule has 0 saturated heterocycles. The molecule has 4 unspecified atom stereocenters. The Kier molecular flexibility index (Phi) is 1.41. The predicted octanol–water partition coefficient (Wildman–Crippen LogP) is 3.32. The van der Waals surface area contributed by atoms with Crippen molar-refractivity contribution in [3.05, 3.63) is 0 Å². The van der Waals surface area contributed by atoms with Gasteiger partial charge in [0.15, 0.2) is 0 Å². The Balaban J connectivity index is 2.28. The zero-order valence-corrected chi connectivity index (χ0v) is 8.22. The monoisotopic (exact) mass is 152 g/mol. The quantitative estimate of drug-likeness (QED) is 0.499. The minimum absolute atomic E-state index is 0.666. The molecule has 64 valence electrons. The highest BCUT2D eigenvalue weighted by Gasteiger charge is 2.54. The lowest BCUT2D eigenvalue weighted by atomic mass is 9.80. The van der Waals surface area contributed by atoms with Gasteiger partial charge in [-0.3, -0.25) is 0 Å². The van der Waals surface area contributed by atoms with Gasteiger partial charge in [0.1, 0.15) is 0 Å². The minimum Gasteiger partial charge on any atom is -0.0622 e. The van der Waals surface area contributed by atoms with Crippen molar-refractivity contribution in [3.8, 4) is 0 Å². The Hall–Kier alpha value is 0. The molecule has 0 heteroatoms. The summed E-state index contributed by atoms with van der Waals surface area (Å²) in [6.07, 6.45) is 3.00. The Bertz CT molecular complexity index is 151. The van der Waals surface area contributed by atoms with E-state index in [-0.39, 0.29) is 0 Å². The van der Waals surface area contributed by atoms with Crippen LogP contribution in [0, 0.1) is 29.1 Å². The van der Waals surface area contributed by atoms with Crippen LogP contribution in [0.2, 0.25) is 0 Å². The maximum absolute atomic E-state index is 2.48. The molecule has 0 amide bonds. The third-order valence-electron chi connectivity index (χ3n) is 4.54. The van der Waals surface area contributed by atoms with Gasteiger partial charge in [-0.2, -0.15) is 0 Å². The molecule has 0 spiro atoms. The highest BCUT2D eigenvalue weighted by atomic mass is 14.6. The van der Waals surface area contributed by atoms with Crippen molar-refractivity contribution < 1.29 is 0 Å². The summed E-state index contributed by atoms with van der Waals surface area (Å²) in [7, 11) is 0. The van der Waals surface area contributed by atoms with Crippen LogP contribution in [0.3, 0.4) is 0 Å². The first-order valence-corrected chi connectivity index (χ1v) is 5.03. The van der Waals surface area contributed by atoms with Crippen molar-refractivity contribution in [1.29, 1.82) is 0 Å². The molecule has 0 aliphatic heterocycles. The van der Waals surface area contributed by atoms with E-state index in [1.54, 1.807) is 0 Å². The van der Waals surface area contributed by atoms with Crippen molar-refractivity contribution >= 4 is 0 Å². The molecule has 0 aromatic heterocycles. The summed E-state index contributed by atoms with van der Waals surface area (Å²) in [6, 6.07) is 0. The fourth-order valence-corrected chi connectivity index (χ4v) is 3.94. The van der Waals surface area contributed by atoms with Crippen LogP contribution in [0.1, 0.15) is 40.5 Å². The second-order valence-corrected chi connectivity index (χ2v) is 5.46. The van der Waals surface area contributed by atoms with Gasteiger partial charge >= 0.3 is 0 Å². The van der Waals surface area contributed by atoms with E-state index in [9.17, 15) is 0 Å². The van der Waals surface area contributed by atoms with E-state index in [1.165, 1.54) is 12.8 Å². The average molecular weight is 152 g/mol. The first-order valence-electron chi connectivity index (χ1n) is 5.03. The third-order valence-corrected chi connectivity index (χ3v) is 4.54. The molecule has 4 atom stereocenters. The van der Waals surface area contributed by atoms with Crippen molar-refractivity contribution in [2.75, 3.05) is 0 Å². The lowest BCUT2D eigenvalue weighted by Gasteiger charge is -2.25. The Labute approximate surface area is 70.4 Å². The summed E-state index contributed by atoms with van der Waals surface area (Å²) >= 11 is 0. The van der Waals surface area contributed by atoms with Crippen LogP contribution in [0.25, 0.3) is 0 Å². The first kappa shape index (κ1) is 7.64. The fourth-order valence-electron chi connectivity index (χ4n) is 3.94. The van der Waals surface area contributed by atoms with Crippen molar-refractivity contribution in [2.24, 2.45) is 29.1 Å². The van der Waals surface area contributed by atoms with Crippen molar-refractivity contribution in [3.63, 3.8) is 0 Å². The van der Waals surface area contributed by atoms with Gasteiger partial charge in [-0.15, -0.1) is 0 Å². The highest BCUT2D eigenvalue weighted by molar-refractivity contribution is 5.03. The molecule has 0 N–H and O–H groups in total. The van der Waals surface area contributed by atoms with Gasteiger partial charge in [0.25, 0.3) is 0 Å². The molecule has 0 nitrogen and oxygen atoms in total. The summed E-state index contributed by atoms with van der Waals surface area (Å²) < 4.78 is 0. The first-order chi connectivity index (χ1) is 5.03. The summed E-state index contributed by atoms with van der Waals surface area (Å²) in [5.41, 5.74) is 0.666. The van der Waals surface area contributed by atoms with E-state index in [4.69, 9.17) is 0 Å². The number of hydrogen-bond acceptors (Lipinski definition) is 0. The molecule has 2 aliphatic rings. The van der Waals surface area contributed by atoms with E-state index < -0.39 is 0 Å². The molecule has 2 aliphatic carbocycles. The van der Waals surface area contributed by atoms with E-state index in [1.807, 2.05) is 0 Å². The van der Waals surface area contributed by atoms with E-state index in [0.717, 1.165) is 23.7 Å². The molecular weight excluding hydrogens is 132 g/mol. The van der Waals surface area contributed by atoms with Crippen molar-refractivity contribution in [2.45, 2.75) is 40.5 Å². The molecule has 2 fully saturated rings. The summed E-state index contributed by atoms with van der Waals surface area (Å²) in [5.74, 6) is 4.07. The summed E-state index contributed by atoms with van der Waals surface area (Å²) in [5, 5.41) is 0. The zero-order valence-electron chi connectivity index (χ0n) is 8.22. The molecule has 2 rings (SSSR count). The van der Waals surface area contributed by atoms with Crippen molar-refractivity contribution in [1.82, 2.24) is 0 Å². The van der Waals surface area contributed by atoms with Crippen LogP contribution < -0.4 is 0 Å². The van der Waals surface area contributed by atoms with Gasteiger partial charge in [0.2, 0.25) is 0 Å². The second-order valence-electron chi connectivity index (χ2n) is 5.46. The third kappa shape index (κ3) is 0.816. The van der Waals surface area contributed by atoms with Gasteiger partial charge in [0.05, 0.1) is 0 Å². The van der Waals surface area contributed by atoms with Crippen LogP contribution in [-0.4, -0.2) is 0 Å². The number of rotatable bonds is 0. The lowest BCUT2D eigenvalue weighted by Crippen LogP contribution is -2.18. The van der Waals surface area contributed by atoms with Crippen LogP contribution in [-0.2, 0) is 0 Å². The van der Waals surface area contributed by atoms with Gasteiger partial charge in [-0.1, -0.05) is 27.7 Å². The number of hydrogen-bond donors (Lipinski definition) is 0.